The Kier molecular flexibility index (Phi) is 5.47. The van der Waals surface area contributed by atoms with Crippen LogP contribution in [0.4, 0.5) is 5.69 Å². The molecular weight excluding hydrogens is 406 g/mol. The molecule has 2 aromatic carbocycles. The minimum Gasteiger partial charge on any atom is -0.467 e. The van der Waals surface area contributed by atoms with Gasteiger partial charge in [0.25, 0.3) is 5.69 Å². The molecule has 9 heteroatoms. The molecule has 0 bridgehead atoms. The molecule has 1 aromatic heterocycles. The van der Waals surface area contributed by atoms with Crippen molar-refractivity contribution in [3.05, 3.63) is 68.7 Å². The number of amides is 1. The summed E-state index contributed by atoms with van der Waals surface area (Å²) in [5.74, 6) is 0.256. The molecule has 0 N–H and O–H groups in total. The lowest BCUT2D eigenvalue weighted by atomic mass is 10.1. The van der Waals surface area contributed by atoms with Gasteiger partial charge in [-0.05, 0) is 25.1 Å². The third-order valence-corrected chi connectivity index (χ3v) is 6.14. The number of ether oxygens (including phenoxy) is 2. The molecule has 1 atom stereocenters. The van der Waals surface area contributed by atoms with Crippen LogP contribution < -0.4 is 4.74 Å². The molecule has 0 fully saturated rings. The molecule has 4 rings (SSSR count). The van der Waals surface area contributed by atoms with Crippen LogP contribution in [0.25, 0.3) is 16.3 Å². The smallest absolute Gasteiger partial charge is 0.270 e. The van der Waals surface area contributed by atoms with Crippen molar-refractivity contribution in [3.8, 4) is 5.75 Å². The number of hydrogen-bond acceptors (Lipinski definition) is 7. The largest absolute Gasteiger partial charge is 0.467 e. The summed E-state index contributed by atoms with van der Waals surface area (Å²) >= 11 is 1.55. The van der Waals surface area contributed by atoms with E-state index in [1.807, 2.05) is 31.2 Å². The number of nitro benzene ring substituents is 1. The van der Waals surface area contributed by atoms with Gasteiger partial charge in [-0.2, -0.15) is 0 Å². The number of non-ortho nitro benzene ring substituents is 1. The van der Waals surface area contributed by atoms with Gasteiger partial charge in [0.05, 0.1) is 27.8 Å². The summed E-state index contributed by atoms with van der Waals surface area (Å²) in [6.07, 6.45) is 2.93. The van der Waals surface area contributed by atoms with Crippen LogP contribution in [0.3, 0.4) is 0 Å². The lowest BCUT2D eigenvalue weighted by Crippen LogP contribution is -2.27. The maximum absolute atomic E-state index is 12.7. The number of hydrogen-bond donors (Lipinski definition) is 0. The van der Waals surface area contributed by atoms with Gasteiger partial charge in [-0.15, -0.1) is 11.3 Å². The van der Waals surface area contributed by atoms with Crippen LogP contribution >= 0.6 is 11.3 Å². The first-order valence-corrected chi connectivity index (χ1v) is 10.1. The molecule has 0 spiro atoms. The van der Waals surface area contributed by atoms with E-state index in [4.69, 9.17) is 9.47 Å². The predicted octanol–water partition coefficient (Wildman–Crippen LogP) is 4.30. The van der Waals surface area contributed by atoms with Crippen molar-refractivity contribution in [3.63, 3.8) is 0 Å². The number of fused-ring (bicyclic) bond motifs is 2. The first kappa shape index (κ1) is 20.0. The summed E-state index contributed by atoms with van der Waals surface area (Å²) < 4.78 is 11.8. The van der Waals surface area contributed by atoms with Crippen LogP contribution in [-0.4, -0.2) is 34.6 Å². The van der Waals surface area contributed by atoms with Crippen LogP contribution in [-0.2, 0) is 16.1 Å². The first-order valence-electron chi connectivity index (χ1n) is 9.26. The lowest BCUT2D eigenvalue weighted by molar-refractivity contribution is -0.385. The van der Waals surface area contributed by atoms with Gasteiger partial charge in [0, 0.05) is 36.4 Å². The zero-order valence-electron chi connectivity index (χ0n) is 16.4. The van der Waals surface area contributed by atoms with Crippen molar-refractivity contribution in [2.45, 2.75) is 19.6 Å². The number of likely N-dealkylation sites (N-methyl/N-ethyl adjacent to an activating group) is 1. The minimum absolute atomic E-state index is 0.0636. The summed E-state index contributed by atoms with van der Waals surface area (Å²) in [4.78, 5) is 29.7. The van der Waals surface area contributed by atoms with E-state index >= 15 is 0 Å². The Morgan fingerprint density at radius 1 is 1.37 bits per heavy atom. The summed E-state index contributed by atoms with van der Waals surface area (Å²) in [5.41, 5.74) is 1.88. The molecule has 0 aliphatic carbocycles. The number of aromatic nitrogens is 1. The molecule has 0 saturated carbocycles. The van der Waals surface area contributed by atoms with Crippen molar-refractivity contribution in [1.82, 2.24) is 9.88 Å². The van der Waals surface area contributed by atoms with E-state index in [2.05, 4.69) is 4.98 Å². The van der Waals surface area contributed by atoms with Gasteiger partial charge in [0.2, 0.25) is 5.91 Å². The molecule has 3 aromatic rings. The van der Waals surface area contributed by atoms with Gasteiger partial charge in [-0.3, -0.25) is 14.9 Å². The lowest BCUT2D eigenvalue weighted by Gasteiger charge is -2.22. The fourth-order valence-corrected chi connectivity index (χ4v) is 4.23. The SMILES string of the molecule is C[C@H](c1nc2ccccc2s1)N(C)C(=O)/C=C/c1cc([N+](=O)[O-])cc2c1OCOC2. The number of carbonyl (C=O) groups is 1. The van der Waals surface area contributed by atoms with E-state index in [-0.39, 0.29) is 31.0 Å². The number of nitro groups is 1. The number of rotatable bonds is 5. The highest BCUT2D eigenvalue weighted by Crippen LogP contribution is 2.34. The van der Waals surface area contributed by atoms with Crippen molar-refractivity contribution >= 4 is 39.2 Å². The highest BCUT2D eigenvalue weighted by Gasteiger charge is 2.22. The Hall–Kier alpha value is -3.30. The quantitative estimate of drug-likeness (QED) is 0.344. The molecular formula is C21H19N3O5S. The maximum Gasteiger partial charge on any atom is 0.270 e. The average Bonchev–Trinajstić information content (AvgIpc) is 3.20. The average molecular weight is 425 g/mol. The second-order valence-electron chi connectivity index (χ2n) is 6.87. The number of thiazole rings is 1. The first-order chi connectivity index (χ1) is 14.4. The maximum atomic E-state index is 12.7. The zero-order valence-corrected chi connectivity index (χ0v) is 17.2. The van der Waals surface area contributed by atoms with E-state index in [0.29, 0.717) is 16.9 Å². The monoisotopic (exact) mass is 425 g/mol. The number of para-hydroxylation sites is 1. The highest BCUT2D eigenvalue weighted by atomic mass is 32.1. The fourth-order valence-electron chi connectivity index (χ4n) is 3.16. The molecule has 154 valence electrons. The fraction of sp³-hybridized carbons (Fsp3) is 0.238. The molecule has 8 nitrogen and oxygen atoms in total. The molecule has 30 heavy (non-hydrogen) atoms. The molecule has 0 unspecified atom stereocenters. The standard InChI is InChI=1S/C21H19N3O5S/c1-13(21-22-17-5-3-4-6-18(17)30-21)23(2)19(25)8-7-14-9-16(24(26)27)10-15-11-28-12-29-20(14)15/h3-10,13H,11-12H2,1-2H3/b8-7+/t13-/m1/s1. The van der Waals surface area contributed by atoms with Crippen LogP contribution in [0.5, 0.6) is 5.75 Å². The van der Waals surface area contributed by atoms with Crippen molar-refractivity contribution in [2.24, 2.45) is 0 Å². The molecule has 0 radical (unpaired) electrons. The summed E-state index contributed by atoms with van der Waals surface area (Å²) in [6.45, 7) is 2.20. The third-order valence-electron chi connectivity index (χ3n) is 4.94. The number of carbonyl (C=O) groups excluding carboxylic acids is 1. The van der Waals surface area contributed by atoms with Gasteiger partial charge in [0.1, 0.15) is 10.8 Å². The van der Waals surface area contributed by atoms with Crippen LogP contribution in [0.2, 0.25) is 0 Å². The molecule has 1 aliphatic rings. The van der Waals surface area contributed by atoms with Gasteiger partial charge in [-0.25, -0.2) is 4.98 Å². The summed E-state index contributed by atoms with van der Waals surface area (Å²) in [7, 11) is 1.71. The molecule has 1 aliphatic heterocycles. The predicted molar refractivity (Wildman–Crippen MR) is 113 cm³/mol. The van der Waals surface area contributed by atoms with Gasteiger partial charge in [0.15, 0.2) is 6.79 Å². The molecule has 0 saturated heterocycles. The van der Waals surface area contributed by atoms with Crippen LogP contribution in [0.15, 0.2) is 42.5 Å². The Morgan fingerprint density at radius 2 is 2.17 bits per heavy atom. The van der Waals surface area contributed by atoms with Gasteiger partial charge < -0.3 is 14.4 Å². The molecule has 2 heterocycles. The van der Waals surface area contributed by atoms with E-state index in [1.54, 1.807) is 29.4 Å². The van der Waals surface area contributed by atoms with Crippen LogP contribution in [0.1, 0.15) is 29.1 Å². The van der Waals surface area contributed by atoms with E-state index in [0.717, 1.165) is 15.2 Å². The number of benzene rings is 2. The van der Waals surface area contributed by atoms with Gasteiger partial charge in [-0.1, -0.05) is 12.1 Å². The second kappa shape index (κ2) is 8.21. The number of nitrogens with zero attached hydrogens (tertiary/aromatic N) is 3. The van der Waals surface area contributed by atoms with Crippen molar-refractivity contribution in [1.29, 1.82) is 0 Å². The van der Waals surface area contributed by atoms with Crippen molar-refractivity contribution < 1.29 is 19.2 Å². The van der Waals surface area contributed by atoms with Gasteiger partial charge >= 0.3 is 0 Å². The summed E-state index contributed by atoms with van der Waals surface area (Å²) in [5, 5.41) is 12.1. The Balaban J connectivity index is 1.57. The zero-order chi connectivity index (χ0) is 21.3. The molecule has 1 amide bonds. The van der Waals surface area contributed by atoms with E-state index in [9.17, 15) is 14.9 Å². The second-order valence-corrected chi connectivity index (χ2v) is 7.93. The van der Waals surface area contributed by atoms with E-state index < -0.39 is 4.92 Å². The minimum atomic E-state index is -0.477. The summed E-state index contributed by atoms with van der Waals surface area (Å²) in [6, 6.07) is 10.4. The van der Waals surface area contributed by atoms with E-state index in [1.165, 1.54) is 18.2 Å². The topological polar surface area (TPSA) is 94.8 Å². The third kappa shape index (κ3) is 3.89. The Morgan fingerprint density at radius 3 is 2.93 bits per heavy atom. The van der Waals surface area contributed by atoms with Crippen molar-refractivity contribution in [2.75, 3.05) is 13.8 Å². The van der Waals surface area contributed by atoms with Crippen LogP contribution in [0, 0.1) is 10.1 Å². The Bertz CT molecular complexity index is 1120. The normalized spacial score (nSPS) is 14.3. The highest BCUT2D eigenvalue weighted by molar-refractivity contribution is 7.18. The Labute approximate surface area is 176 Å².